The fourth-order valence-corrected chi connectivity index (χ4v) is 3.08. The van der Waals surface area contributed by atoms with Crippen LogP contribution in [-0.4, -0.2) is 5.91 Å². The molecule has 2 aromatic carbocycles. The van der Waals surface area contributed by atoms with Gasteiger partial charge in [-0.3, -0.25) is 4.79 Å². The molecule has 0 aliphatic rings. The van der Waals surface area contributed by atoms with Gasteiger partial charge in [0.15, 0.2) is 11.6 Å². The molecule has 28 heavy (non-hydrogen) atoms. The number of alkyl halides is 3. The second-order valence-electron chi connectivity index (χ2n) is 5.72. The van der Waals surface area contributed by atoms with Crippen molar-refractivity contribution in [1.82, 2.24) is 0 Å². The summed E-state index contributed by atoms with van der Waals surface area (Å²) in [4.78, 5) is 12.5. The van der Waals surface area contributed by atoms with Gasteiger partial charge in [-0.25, -0.2) is 8.78 Å². The predicted molar refractivity (Wildman–Crippen MR) is 94.4 cm³/mol. The van der Waals surface area contributed by atoms with E-state index in [2.05, 4.69) is 5.32 Å². The Balaban J connectivity index is 1.64. The Morgan fingerprint density at radius 2 is 1.86 bits per heavy atom. The molecule has 1 amide bonds. The summed E-state index contributed by atoms with van der Waals surface area (Å²) in [5.74, 6) is -2.29. The number of carbonyl (C=O) groups excluding carboxylic acids is 1. The lowest BCUT2D eigenvalue weighted by Gasteiger charge is -2.09. The molecule has 0 bridgehead atoms. The third-order valence-corrected chi connectivity index (χ3v) is 4.59. The van der Waals surface area contributed by atoms with Crippen LogP contribution in [0.25, 0.3) is 0 Å². The van der Waals surface area contributed by atoms with Gasteiger partial charge in [0.25, 0.3) is 5.91 Å². The van der Waals surface area contributed by atoms with Crippen molar-refractivity contribution in [3.63, 3.8) is 0 Å². The molecular weight excluding hydrogens is 401 g/mol. The maximum absolute atomic E-state index is 13.5. The summed E-state index contributed by atoms with van der Waals surface area (Å²) in [5.41, 5.74) is -0.297. The van der Waals surface area contributed by atoms with Crippen LogP contribution in [0.4, 0.5) is 27.6 Å². The first kappa shape index (κ1) is 19.8. The van der Waals surface area contributed by atoms with Crippen LogP contribution < -0.4 is 10.1 Å². The van der Waals surface area contributed by atoms with Crippen LogP contribution in [0, 0.1) is 11.6 Å². The van der Waals surface area contributed by atoms with Gasteiger partial charge >= 0.3 is 6.18 Å². The topological polar surface area (TPSA) is 38.3 Å². The van der Waals surface area contributed by atoms with Crippen molar-refractivity contribution in [3.05, 3.63) is 81.5 Å². The van der Waals surface area contributed by atoms with Crippen LogP contribution in [0.2, 0.25) is 0 Å². The third-order valence-electron chi connectivity index (χ3n) is 3.61. The van der Waals surface area contributed by atoms with Crippen molar-refractivity contribution in [1.29, 1.82) is 0 Å². The molecule has 0 aliphatic heterocycles. The lowest BCUT2D eigenvalue weighted by molar-refractivity contribution is -0.137. The van der Waals surface area contributed by atoms with Gasteiger partial charge in [-0.1, -0.05) is 6.07 Å². The van der Waals surface area contributed by atoms with Crippen LogP contribution in [0.15, 0.2) is 53.9 Å². The number of carbonyl (C=O) groups is 1. The van der Waals surface area contributed by atoms with Crippen molar-refractivity contribution in [2.24, 2.45) is 0 Å². The van der Waals surface area contributed by atoms with Gasteiger partial charge in [0.1, 0.15) is 12.4 Å². The highest BCUT2D eigenvalue weighted by atomic mass is 32.1. The number of anilines is 1. The number of rotatable bonds is 5. The molecular formula is C19H12F5NO2S. The molecule has 0 radical (unpaired) electrons. The van der Waals surface area contributed by atoms with E-state index in [1.165, 1.54) is 18.2 Å². The Bertz CT molecular complexity index is 1000. The number of nitrogens with one attached hydrogen (secondary N) is 1. The molecule has 0 aliphatic carbocycles. The molecule has 0 spiro atoms. The first-order valence-corrected chi connectivity index (χ1v) is 8.74. The molecule has 0 unspecified atom stereocenters. The van der Waals surface area contributed by atoms with Crippen molar-refractivity contribution in [2.45, 2.75) is 12.8 Å². The highest BCUT2D eigenvalue weighted by molar-refractivity contribution is 7.12. The fraction of sp³-hybridized carbons (Fsp3) is 0.105. The summed E-state index contributed by atoms with van der Waals surface area (Å²) in [5, 5.41) is 4.00. The first-order chi connectivity index (χ1) is 13.2. The lowest BCUT2D eigenvalue weighted by atomic mass is 10.2. The van der Waals surface area contributed by atoms with Gasteiger partial charge in [0.2, 0.25) is 0 Å². The summed E-state index contributed by atoms with van der Waals surface area (Å²) in [7, 11) is 0. The monoisotopic (exact) mass is 413 g/mol. The largest absolute Gasteiger partial charge is 0.486 e. The van der Waals surface area contributed by atoms with Crippen molar-refractivity contribution in [3.8, 4) is 5.75 Å². The summed E-state index contributed by atoms with van der Waals surface area (Å²) in [6, 6.07) is 8.67. The van der Waals surface area contributed by atoms with E-state index in [1.54, 1.807) is 5.38 Å². The molecule has 0 saturated carbocycles. The van der Waals surface area contributed by atoms with Gasteiger partial charge < -0.3 is 10.1 Å². The van der Waals surface area contributed by atoms with Gasteiger partial charge in [0.05, 0.1) is 10.4 Å². The average molecular weight is 413 g/mol. The molecule has 3 rings (SSSR count). The number of halogens is 5. The molecule has 1 N–H and O–H groups in total. The molecule has 0 saturated heterocycles. The van der Waals surface area contributed by atoms with E-state index in [-0.39, 0.29) is 22.9 Å². The maximum Gasteiger partial charge on any atom is 0.416 e. The summed E-state index contributed by atoms with van der Waals surface area (Å²) in [6.07, 6.45) is -4.51. The Labute approximate surface area is 160 Å². The zero-order valence-electron chi connectivity index (χ0n) is 14.0. The predicted octanol–water partition coefficient (Wildman–Crippen LogP) is 5.88. The fourth-order valence-electron chi connectivity index (χ4n) is 2.29. The van der Waals surface area contributed by atoms with Crippen LogP contribution in [0.5, 0.6) is 5.75 Å². The van der Waals surface area contributed by atoms with Gasteiger partial charge in [-0.15, -0.1) is 11.3 Å². The van der Waals surface area contributed by atoms with E-state index in [4.69, 9.17) is 4.74 Å². The van der Waals surface area contributed by atoms with Crippen LogP contribution in [0.1, 0.15) is 20.8 Å². The number of benzene rings is 2. The van der Waals surface area contributed by atoms with Crippen LogP contribution in [-0.2, 0) is 12.8 Å². The molecule has 3 nitrogen and oxygen atoms in total. The zero-order valence-corrected chi connectivity index (χ0v) is 14.8. The number of hydrogen-bond donors (Lipinski definition) is 1. The third kappa shape index (κ3) is 4.86. The summed E-state index contributed by atoms with van der Waals surface area (Å²) < 4.78 is 69.9. The van der Waals surface area contributed by atoms with Gasteiger partial charge in [-0.05, 0) is 41.8 Å². The Kier molecular flexibility index (Phi) is 5.64. The lowest BCUT2D eigenvalue weighted by Crippen LogP contribution is -2.12. The molecule has 0 fully saturated rings. The number of hydrogen-bond acceptors (Lipinski definition) is 3. The quantitative estimate of drug-likeness (QED) is 0.531. The Morgan fingerprint density at radius 1 is 1.07 bits per heavy atom. The second-order valence-corrected chi connectivity index (χ2v) is 6.63. The summed E-state index contributed by atoms with van der Waals surface area (Å²) >= 11 is 1.06. The minimum absolute atomic E-state index is 0.0133. The van der Waals surface area contributed by atoms with Crippen LogP contribution in [0.3, 0.4) is 0 Å². The van der Waals surface area contributed by atoms with E-state index < -0.39 is 29.3 Å². The zero-order chi connectivity index (χ0) is 20.3. The average Bonchev–Trinajstić information content (AvgIpc) is 3.10. The minimum atomic E-state index is -4.51. The standard InChI is InChI=1S/C19H12F5NO2S/c20-13-4-5-16(15(21)8-13)27-9-11-6-17(28-10-11)18(26)25-14-3-1-2-12(7-14)19(22,23)24/h1-8,10H,9H2,(H,25,26). The smallest absolute Gasteiger partial charge is 0.416 e. The van der Waals surface area contributed by atoms with Crippen molar-refractivity contribution < 1.29 is 31.5 Å². The van der Waals surface area contributed by atoms with Gasteiger partial charge in [0, 0.05) is 17.3 Å². The van der Waals surface area contributed by atoms with E-state index >= 15 is 0 Å². The minimum Gasteiger partial charge on any atom is -0.486 e. The first-order valence-electron chi connectivity index (χ1n) is 7.86. The molecule has 146 valence electrons. The van der Waals surface area contributed by atoms with E-state index in [1.807, 2.05) is 0 Å². The number of thiophene rings is 1. The molecule has 9 heteroatoms. The SMILES string of the molecule is O=C(Nc1cccc(C(F)(F)F)c1)c1cc(COc2ccc(F)cc2F)cs1. The van der Waals surface area contributed by atoms with E-state index in [9.17, 15) is 26.7 Å². The normalized spacial score (nSPS) is 11.3. The molecule has 1 heterocycles. The Hall–Kier alpha value is -2.94. The number of ether oxygens (including phenoxy) is 1. The second kappa shape index (κ2) is 7.97. The maximum atomic E-state index is 13.5. The highest BCUT2D eigenvalue weighted by Crippen LogP contribution is 2.31. The molecule has 1 aromatic heterocycles. The van der Waals surface area contributed by atoms with E-state index in [0.717, 1.165) is 35.6 Å². The number of amides is 1. The van der Waals surface area contributed by atoms with Gasteiger partial charge in [-0.2, -0.15) is 13.2 Å². The molecule has 0 atom stereocenters. The van der Waals surface area contributed by atoms with E-state index in [0.29, 0.717) is 11.6 Å². The highest BCUT2D eigenvalue weighted by Gasteiger charge is 2.30. The summed E-state index contributed by atoms with van der Waals surface area (Å²) in [6.45, 7) is -0.0596. The van der Waals surface area contributed by atoms with Crippen molar-refractivity contribution in [2.75, 3.05) is 5.32 Å². The van der Waals surface area contributed by atoms with Crippen molar-refractivity contribution >= 4 is 22.9 Å². The molecule has 3 aromatic rings. The Morgan fingerprint density at radius 3 is 2.57 bits per heavy atom. The van der Waals surface area contributed by atoms with Crippen LogP contribution >= 0.6 is 11.3 Å².